The van der Waals surface area contributed by atoms with Crippen molar-refractivity contribution in [2.24, 2.45) is 5.92 Å². The summed E-state index contributed by atoms with van der Waals surface area (Å²) in [6.45, 7) is 7.19. The van der Waals surface area contributed by atoms with Crippen molar-refractivity contribution in [3.8, 4) is 0 Å². The van der Waals surface area contributed by atoms with Crippen LogP contribution in [-0.2, 0) is 14.4 Å². The lowest BCUT2D eigenvalue weighted by Crippen LogP contribution is -2.22. The molecule has 0 aliphatic carbocycles. The third-order valence-corrected chi connectivity index (χ3v) is 3.94. The van der Waals surface area contributed by atoms with Gasteiger partial charge in [-0.2, -0.15) is 0 Å². The van der Waals surface area contributed by atoms with Crippen LogP contribution in [0.1, 0.15) is 26.7 Å². The van der Waals surface area contributed by atoms with E-state index in [4.69, 9.17) is 5.11 Å². The molecule has 0 unspecified atom stereocenters. The van der Waals surface area contributed by atoms with E-state index in [0.29, 0.717) is 22.5 Å². The Bertz CT molecular complexity index is 668. The lowest BCUT2D eigenvalue weighted by molar-refractivity contribution is -0.137. The van der Waals surface area contributed by atoms with Crippen LogP contribution in [0.25, 0.3) is 0 Å². The number of carbonyl (C=O) groups excluding carboxylic acids is 2. The van der Waals surface area contributed by atoms with Gasteiger partial charge >= 0.3 is 5.97 Å². The van der Waals surface area contributed by atoms with Crippen LogP contribution in [0.15, 0.2) is 46.8 Å². The quantitative estimate of drug-likeness (QED) is 0.715. The second-order valence-electron chi connectivity index (χ2n) is 5.33. The highest BCUT2D eigenvalue weighted by atomic mass is 16.4. The number of rotatable bonds is 5. The van der Waals surface area contributed by atoms with Crippen LogP contribution < -0.4 is 10.6 Å². The molecular formula is C16H18N2O4. The first kappa shape index (κ1) is 15.8. The number of hydrogen-bond acceptors (Lipinski definition) is 3. The van der Waals surface area contributed by atoms with Crippen LogP contribution >= 0.6 is 0 Å². The molecule has 2 heterocycles. The Morgan fingerprint density at radius 2 is 2.00 bits per heavy atom. The number of nitrogens with one attached hydrogen (secondary N) is 2. The predicted molar refractivity (Wildman–Crippen MR) is 80.3 cm³/mol. The second kappa shape index (κ2) is 6.01. The Balaban J connectivity index is 2.28. The Morgan fingerprint density at radius 1 is 1.32 bits per heavy atom. The van der Waals surface area contributed by atoms with E-state index in [1.165, 1.54) is 0 Å². The van der Waals surface area contributed by atoms with Gasteiger partial charge in [0.25, 0.3) is 5.91 Å². The lowest BCUT2D eigenvalue weighted by Gasteiger charge is -2.06. The number of carboxylic acid groups (broad SMARTS) is 1. The fraction of sp³-hybridized carbons (Fsp3) is 0.312. The molecule has 0 spiro atoms. The lowest BCUT2D eigenvalue weighted by atomic mass is 9.96. The molecule has 0 fully saturated rings. The first-order valence-electron chi connectivity index (χ1n) is 6.95. The van der Waals surface area contributed by atoms with E-state index < -0.39 is 11.9 Å². The van der Waals surface area contributed by atoms with E-state index in [9.17, 15) is 14.4 Å². The monoisotopic (exact) mass is 302 g/mol. The number of carbonyl (C=O) groups is 3. The van der Waals surface area contributed by atoms with Crippen LogP contribution in [0.4, 0.5) is 0 Å². The van der Waals surface area contributed by atoms with Gasteiger partial charge in [-0.25, -0.2) is 0 Å². The molecule has 1 atom stereocenters. The molecule has 0 saturated carbocycles. The fourth-order valence-electron chi connectivity index (χ4n) is 2.60. The number of allylic oxidation sites excluding steroid dienone is 2. The fourth-order valence-corrected chi connectivity index (χ4v) is 2.60. The first-order valence-corrected chi connectivity index (χ1v) is 6.95. The van der Waals surface area contributed by atoms with Crippen molar-refractivity contribution in [1.29, 1.82) is 0 Å². The molecular weight excluding hydrogens is 284 g/mol. The average Bonchev–Trinajstić information content (AvgIpc) is 2.86. The highest BCUT2D eigenvalue weighted by molar-refractivity contribution is 6.00. The third kappa shape index (κ3) is 2.86. The average molecular weight is 302 g/mol. The molecule has 2 aliphatic heterocycles. The minimum absolute atomic E-state index is 0.0626. The molecule has 0 saturated heterocycles. The zero-order chi connectivity index (χ0) is 16.4. The van der Waals surface area contributed by atoms with Gasteiger partial charge in [-0.15, -0.1) is 0 Å². The summed E-state index contributed by atoms with van der Waals surface area (Å²) in [6.07, 6.45) is 3.48. The molecule has 2 rings (SSSR count). The van der Waals surface area contributed by atoms with E-state index in [1.807, 2.05) is 0 Å². The third-order valence-electron chi connectivity index (χ3n) is 3.94. The zero-order valence-corrected chi connectivity index (χ0v) is 12.5. The van der Waals surface area contributed by atoms with Gasteiger partial charge in [-0.3, -0.25) is 14.4 Å². The van der Waals surface area contributed by atoms with Crippen LogP contribution in [-0.4, -0.2) is 22.9 Å². The molecule has 6 heteroatoms. The maximum absolute atomic E-state index is 12.0. The second-order valence-corrected chi connectivity index (χ2v) is 5.33. The number of aliphatic carboxylic acids is 1. The highest BCUT2D eigenvalue weighted by Gasteiger charge is 2.31. The van der Waals surface area contributed by atoms with Gasteiger partial charge < -0.3 is 15.7 Å². The maximum Gasteiger partial charge on any atom is 0.303 e. The van der Waals surface area contributed by atoms with Gasteiger partial charge in [0.2, 0.25) is 5.91 Å². The Morgan fingerprint density at radius 3 is 2.59 bits per heavy atom. The molecule has 116 valence electrons. The SMILES string of the molecule is C=CC1=C(C)C(=O)NC1=CC1=C(C)[C@@H](CCC(=O)O)C(=O)N1. The standard InChI is InChI=1S/C16H18N2O4/c1-4-10-9(3)15(21)18-13(10)7-12-8(2)11(16(22)17-12)5-6-14(19)20/h4,7,11H,1,5-6H2,2-3H3,(H,17,22)(H,18,21)(H,19,20)/t11-/m1/s1. The molecule has 0 bridgehead atoms. The van der Waals surface area contributed by atoms with Crippen molar-refractivity contribution in [3.63, 3.8) is 0 Å². The summed E-state index contributed by atoms with van der Waals surface area (Å²) in [5.74, 6) is -1.78. The zero-order valence-electron chi connectivity index (χ0n) is 12.5. The summed E-state index contributed by atoms with van der Waals surface area (Å²) in [7, 11) is 0. The molecule has 0 aromatic rings. The predicted octanol–water partition coefficient (Wildman–Crippen LogP) is 1.39. The van der Waals surface area contributed by atoms with E-state index in [2.05, 4.69) is 17.2 Å². The largest absolute Gasteiger partial charge is 0.481 e. The molecule has 0 aromatic heterocycles. The van der Waals surface area contributed by atoms with Crippen molar-refractivity contribution in [1.82, 2.24) is 10.6 Å². The molecule has 2 aliphatic rings. The van der Waals surface area contributed by atoms with Crippen LogP contribution in [0, 0.1) is 5.92 Å². The first-order chi connectivity index (χ1) is 10.3. The topological polar surface area (TPSA) is 95.5 Å². The summed E-state index contributed by atoms with van der Waals surface area (Å²) in [5.41, 5.74) is 3.25. The number of amides is 2. The van der Waals surface area contributed by atoms with Gasteiger partial charge in [0.05, 0.1) is 11.6 Å². The Hall–Kier alpha value is -2.63. The minimum atomic E-state index is -0.928. The van der Waals surface area contributed by atoms with Gasteiger partial charge in [0.15, 0.2) is 0 Å². The normalized spacial score (nSPS) is 23.2. The molecule has 6 nitrogen and oxygen atoms in total. The maximum atomic E-state index is 12.0. The number of hydrogen-bond donors (Lipinski definition) is 3. The van der Waals surface area contributed by atoms with Crippen molar-refractivity contribution < 1.29 is 19.5 Å². The van der Waals surface area contributed by atoms with Crippen LogP contribution in [0.3, 0.4) is 0 Å². The molecule has 22 heavy (non-hydrogen) atoms. The van der Waals surface area contributed by atoms with Crippen LogP contribution in [0.5, 0.6) is 0 Å². The summed E-state index contributed by atoms with van der Waals surface area (Å²) < 4.78 is 0. The minimum Gasteiger partial charge on any atom is -0.481 e. The highest BCUT2D eigenvalue weighted by Crippen LogP contribution is 2.29. The summed E-state index contributed by atoms with van der Waals surface area (Å²) in [6, 6.07) is 0. The molecule has 0 aromatic carbocycles. The van der Waals surface area contributed by atoms with Gasteiger partial charge in [-0.1, -0.05) is 12.7 Å². The van der Waals surface area contributed by atoms with Crippen molar-refractivity contribution in [2.45, 2.75) is 26.7 Å². The molecule has 3 N–H and O–H groups in total. The van der Waals surface area contributed by atoms with Crippen LogP contribution in [0.2, 0.25) is 0 Å². The van der Waals surface area contributed by atoms with Gasteiger partial charge in [0, 0.05) is 23.3 Å². The van der Waals surface area contributed by atoms with Gasteiger partial charge in [0.1, 0.15) is 0 Å². The van der Waals surface area contributed by atoms with E-state index in [0.717, 1.165) is 5.57 Å². The Kier molecular flexibility index (Phi) is 4.30. The summed E-state index contributed by atoms with van der Waals surface area (Å²) >= 11 is 0. The Labute approximate surface area is 128 Å². The van der Waals surface area contributed by atoms with Gasteiger partial charge in [-0.05, 0) is 31.9 Å². The van der Waals surface area contributed by atoms with Crippen molar-refractivity contribution in [3.05, 3.63) is 46.8 Å². The van der Waals surface area contributed by atoms with Crippen molar-refractivity contribution in [2.75, 3.05) is 0 Å². The van der Waals surface area contributed by atoms with E-state index >= 15 is 0 Å². The van der Waals surface area contributed by atoms with E-state index in [-0.39, 0.29) is 24.7 Å². The summed E-state index contributed by atoms with van der Waals surface area (Å²) in [5, 5.41) is 14.2. The van der Waals surface area contributed by atoms with Crippen molar-refractivity contribution >= 4 is 17.8 Å². The number of carboxylic acids is 1. The molecule has 2 amide bonds. The summed E-state index contributed by atoms with van der Waals surface area (Å²) in [4.78, 5) is 34.3. The smallest absolute Gasteiger partial charge is 0.303 e. The molecule has 0 radical (unpaired) electrons. The van der Waals surface area contributed by atoms with E-state index in [1.54, 1.807) is 26.0 Å².